The van der Waals surface area contributed by atoms with Crippen LogP contribution in [-0.2, 0) is 21.5 Å². The molecule has 0 bridgehead atoms. The highest BCUT2D eigenvalue weighted by Crippen LogP contribution is 2.36. The fourth-order valence-electron chi connectivity index (χ4n) is 2.79. The Hall–Kier alpha value is -2.58. The molecular weight excluding hydrogens is 381 g/mol. The van der Waals surface area contributed by atoms with Crippen molar-refractivity contribution in [1.82, 2.24) is 14.8 Å². The molecule has 8 heteroatoms. The lowest BCUT2D eigenvalue weighted by atomic mass is 10.0. The van der Waals surface area contributed by atoms with Crippen molar-refractivity contribution in [1.29, 1.82) is 0 Å². The third kappa shape index (κ3) is 4.13. The number of rotatable bonds is 7. The molecule has 0 spiro atoms. The van der Waals surface area contributed by atoms with Crippen LogP contribution in [0.15, 0.2) is 35.8 Å². The summed E-state index contributed by atoms with van der Waals surface area (Å²) in [6.45, 7) is 5.70. The molecule has 148 valence electrons. The van der Waals surface area contributed by atoms with E-state index in [4.69, 9.17) is 4.74 Å². The Balaban J connectivity index is 2.06. The molecule has 0 saturated heterocycles. The molecule has 6 nitrogen and oxygen atoms in total. The number of hydrogen-bond acceptors (Lipinski definition) is 6. The van der Waals surface area contributed by atoms with Crippen LogP contribution in [0.5, 0.6) is 0 Å². The summed E-state index contributed by atoms with van der Waals surface area (Å²) in [5, 5.41) is 16.8. The highest BCUT2D eigenvalue weighted by atomic mass is 32.1. The molecular formula is C20H22FN3O3S. The van der Waals surface area contributed by atoms with E-state index in [0.29, 0.717) is 17.3 Å². The number of carbonyl (C=O) groups excluding carboxylic acids is 1. The summed E-state index contributed by atoms with van der Waals surface area (Å²) in [5.74, 6) is -0.654. The third-order valence-electron chi connectivity index (χ3n) is 4.26. The van der Waals surface area contributed by atoms with Gasteiger partial charge in [-0.3, -0.25) is 9.48 Å². The molecule has 1 N–H and O–H groups in total. The maximum Gasteiger partial charge on any atom is 0.311 e. The molecule has 2 aromatic heterocycles. The smallest absolute Gasteiger partial charge is 0.311 e. The van der Waals surface area contributed by atoms with Gasteiger partial charge < -0.3 is 9.84 Å². The summed E-state index contributed by atoms with van der Waals surface area (Å²) >= 11 is 1.40. The Bertz CT molecular complexity index is 963. The van der Waals surface area contributed by atoms with E-state index in [1.807, 2.05) is 19.2 Å². The minimum Gasteiger partial charge on any atom is -0.466 e. The first kappa shape index (κ1) is 20.2. The second-order valence-electron chi connectivity index (χ2n) is 6.92. The Morgan fingerprint density at radius 3 is 2.68 bits per heavy atom. The topological polar surface area (TPSA) is 77.2 Å². The molecule has 0 atom stereocenters. The lowest BCUT2D eigenvalue weighted by Gasteiger charge is -2.25. The first-order valence-corrected chi connectivity index (χ1v) is 9.79. The lowest BCUT2D eigenvalue weighted by molar-refractivity contribution is -0.142. The quantitative estimate of drug-likeness (QED) is 0.610. The van der Waals surface area contributed by atoms with Crippen LogP contribution in [0.3, 0.4) is 0 Å². The maximum atomic E-state index is 13.4. The molecule has 0 amide bonds. The van der Waals surface area contributed by atoms with Crippen molar-refractivity contribution in [3.63, 3.8) is 0 Å². The molecule has 0 aliphatic heterocycles. The second-order valence-corrected chi connectivity index (χ2v) is 7.78. The van der Waals surface area contributed by atoms with Gasteiger partial charge in [-0.1, -0.05) is 0 Å². The number of aliphatic hydroxyl groups is 1. The van der Waals surface area contributed by atoms with Crippen LogP contribution in [0, 0.1) is 5.82 Å². The fraction of sp³-hybridized carbons (Fsp3) is 0.350. The number of carbonyl (C=O) groups is 1. The van der Waals surface area contributed by atoms with Crippen LogP contribution >= 0.6 is 11.3 Å². The van der Waals surface area contributed by atoms with Crippen molar-refractivity contribution in [2.24, 2.45) is 0 Å². The zero-order chi connectivity index (χ0) is 20.3. The summed E-state index contributed by atoms with van der Waals surface area (Å²) in [5.41, 5.74) is 2.21. The van der Waals surface area contributed by atoms with Gasteiger partial charge in [0.15, 0.2) is 0 Å². The minimum absolute atomic E-state index is 0.104. The third-order valence-corrected chi connectivity index (χ3v) is 5.18. The monoisotopic (exact) mass is 403 g/mol. The number of aromatic nitrogens is 3. The van der Waals surface area contributed by atoms with E-state index in [0.717, 1.165) is 16.8 Å². The van der Waals surface area contributed by atoms with Gasteiger partial charge >= 0.3 is 5.97 Å². The Morgan fingerprint density at radius 1 is 1.32 bits per heavy atom. The van der Waals surface area contributed by atoms with E-state index < -0.39 is 5.54 Å². The van der Waals surface area contributed by atoms with Gasteiger partial charge in [0, 0.05) is 10.9 Å². The zero-order valence-electron chi connectivity index (χ0n) is 16.0. The summed E-state index contributed by atoms with van der Waals surface area (Å²) in [6, 6.07) is 6.12. The van der Waals surface area contributed by atoms with Crippen LogP contribution < -0.4 is 0 Å². The van der Waals surface area contributed by atoms with Crippen LogP contribution in [0.1, 0.15) is 26.5 Å². The predicted octanol–water partition coefficient (Wildman–Crippen LogP) is 3.65. The average Bonchev–Trinajstić information content (AvgIpc) is 3.29. The van der Waals surface area contributed by atoms with Crippen molar-refractivity contribution in [3.05, 3.63) is 47.4 Å². The molecule has 0 aliphatic carbocycles. The van der Waals surface area contributed by atoms with Gasteiger partial charge in [-0.25, -0.2) is 9.37 Å². The normalized spacial score (nSPS) is 11.6. The van der Waals surface area contributed by atoms with E-state index in [1.54, 1.807) is 29.9 Å². The van der Waals surface area contributed by atoms with Gasteiger partial charge in [-0.05, 0) is 45.0 Å². The standard InChI is InChI=1S/C20H22FN3O3S/c1-4-27-17(26)9-15-11-28-19(23-15)16-10-22-24(20(2,3)12-25)18(16)13-5-7-14(21)8-6-13/h5-8,10-11,25H,4,9,12H2,1-3H3. The number of thiazole rings is 1. The number of aliphatic hydroxyl groups excluding tert-OH is 1. The van der Waals surface area contributed by atoms with Gasteiger partial charge in [-0.15, -0.1) is 11.3 Å². The van der Waals surface area contributed by atoms with Gasteiger partial charge in [0.2, 0.25) is 0 Å². The molecule has 0 aliphatic rings. The molecule has 0 fully saturated rings. The largest absolute Gasteiger partial charge is 0.466 e. The molecule has 3 aromatic rings. The van der Waals surface area contributed by atoms with Crippen molar-refractivity contribution in [2.45, 2.75) is 32.7 Å². The highest BCUT2D eigenvalue weighted by molar-refractivity contribution is 7.13. The minimum atomic E-state index is -0.660. The molecule has 1 aromatic carbocycles. The van der Waals surface area contributed by atoms with Crippen molar-refractivity contribution < 1.29 is 19.0 Å². The van der Waals surface area contributed by atoms with E-state index >= 15 is 0 Å². The molecule has 2 heterocycles. The number of benzene rings is 1. The molecule has 28 heavy (non-hydrogen) atoms. The first-order chi connectivity index (χ1) is 13.4. The van der Waals surface area contributed by atoms with Gasteiger partial charge in [0.1, 0.15) is 10.8 Å². The molecule has 3 rings (SSSR count). The summed E-state index contributed by atoms with van der Waals surface area (Å²) < 4.78 is 20.1. The van der Waals surface area contributed by atoms with E-state index in [-0.39, 0.29) is 24.8 Å². The van der Waals surface area contributed by atoms with Gasteiger partial charge in [0.25, 0.3) is 0 Å². The zero-order valence-corrected chi connectivity index (χ0v) is 16.8. The Morgan fingerprint density at radius 2 is 2.04 bits per heavy atom. The second kappa shape index (κ2) is 8.20. The maximum absolute atomic E-state index is 13.4. The van der Waals surface area contributed by atoms with Crippen LogP contribution in [0.25, 0.3) is 21.8 Å². The summed E-state index contributed by atoms with van der Waals surface area (Å²) in [7, 11) is 0. The lowest BCUT2D eigenvalue weighted by Crippen LogP contribution is -2.32. The SMILES string of the molecule is CCOC(=O)Cc1csc(-c2cnn(C(C)(C)CO)c2-c2ccc(F)cc2)n1. The first-order valence-electron chi connectivity index (χ1n) is 8.91. The van der Waals surface area contributed by atoms with E-state index in [9.17, 15) is 14.3 Å². The van der Waals surface area contributed by atoms with Crippen LogP contribution in [0.4, 0.5) is 4.39 Å². The highest BCUT2D eigenvalue weighted by Gasteiger charge is 2.27. The van der Waals surface area contributed by atoms with Crippen molar-refractivity contribution >= 4 is 17.3 Å². The summed E-state index contributed by atoms with van der Waals surface area (Å²) in [4.78, 5) is 16.3. The number of esters is 1. The van der Waals surface area contributed by atoms with Crippen LogP contribution in [0.2, 0.25) is 0 Å². The molecule has 0 unspecified atom stereocenters. The van der Waals surface area contributed by atoms with Gasteiger partial charge in [-0.2, -0.15) is 5.10 Å². The number of halogens is 1. The fourth-order valence-corrected chi connectivity index (χ4v) is 3.62. The summed E-state index contributed by atoms with van der Waals surface area (Å²) in [6.07, 6.45) is 1.79. The molecule has 0 saturated carbocycles. The van der Waals surface area contributed by atoms with Crippen LogP contribution in [-0.4, -0.2) is 39.1 Å². The molecule has 0 radical (unpaired) electrons. The predicted molar refractivity (Wildman–Crippen MR) is 105 cm³/mol. The van der Waals surface area contributed by atoms with Crippen molar-refractivity contribution in [3.8, 4) is 21.8 Å². The number of nitrogens with zero attached hydrogens (tertiary/aromatic N) is 3. The van der Waals surface area contributed by atoms with Crippen molar-refractivity contribution in [2.75, 3.05) is 13.2 Å². The Kier molecular flexibility index (Phi) is 5.90. The Labute approximate surface area is 166 Å². The number of hydrogen-bond donors (Lipinski definition) is 1. The van der Waals surface area contributed by atoms with E-state index in [2.05, 4.69) is 10.1 Å². The number of ether oxygens (including phenoxy) is 1. The van der Waals surface area contributed by atoms with Gasteiger partial charge in [0.05, 0.1) is 48.3 Å². The average molecular weight is 403 g/mol. The van der Waals surface area contributed by atoms with E-state index in [1.165, 1.54) is 23.5 Å².